The normalized spacial score (nSPS) is 17.1. The van der Waals surface area contributed by atoms with Crippen LogP contribution in [-0.4, -0.2) is 40.8 Å². The van der Waals surface area contributed by atoms with E-state index in [1.165, 1.54) is 4.31 Å². The molecule has 6 nitrogen and oxygen atoms in total. The van der Waals surface area contributed by atoms with E-state index >= 15 is 0 Å². The van der Waals surface area contributed by atoms with Crippen molar-refractivity contribution in [2.75, 3.05) is 13.1 Å². The van der Waals surface area contributed by atoms with Crippen molar-refractivity contribution in [3.63, 3.8) is 0 Å². The molecule has 0 N–H and O–H groups in total. The predicted octanol–water partition coefficient (Wildman–Crippen LogP) is 1.36. The lowest BCUT2D eigenvalue weighted by Gasteiger charge is -2.38. The van der Waals surface area contributed by atoms with Crippen molar-refractivity contribution >= 4 is 26.0 Å². The maximum absolute atomic E-state index is 12.4. The Hall–Kier alpha value is -1.25. The molecule has 0 unspecified atom stereocenters. The Balaban J connectivity index is 1.68. The Labute approximate surface area is 125 Å². The summed E-state index contributed by atoms with van der Waals surface area (Å²) in [5, 5.41) is 7.62. The molecule has 0 bridgehead atoms. The van der Waals surface area contributed by atoms with Gasteiger partial charge in [-0.25, -0.2) is 8.42 Å². The first kappa shape index (κ1) is 13.7. The van der Waals surface area contributed by atoms with E-state index in [0.29, 0.717) is 29.0 Å². The fourth-order valence-corrected chi connectivity index (χ4v) is 4.78. The summed E-state index contributed by atoms with van der Waals surface area (Å²) in [6.07, 6.45) is 3.40. The zero-order valence-electron chi connectivity index (χ0n) is 10.6. The van der Waals surface area contributed by atoms with Crippen LogP contribution in [0.3, 0.4) is 0 Å². The first-order valence-electron chi connectivity index (χ1n) is 6.16. The molecule has 1 saturated heterocycles. The largest absolute Gasteiger partial charge is 0.252 e. The number of rotatable bonds is 4. The highest BCUT2D eigenvalue weighted by atomic mass is 79.9. The summed E-state index contributed by atoms with van der Waals surface area (Å²) >= 11 is 3.29. The molecular formula is C12H13BrN4O2S. The van der Waals surface area contributed by atoms with E-state index in [0.717, 1.165) is 0 Å². The molecule has 0 aliphatic carbocycles. The molecule has 1 aliphatic heterocycles. The fourth-order valence-electron chi connectivity index (χ4n) is 2.22. The van der Waals surface area contributed by atoms with Crippen molar-refractivity contribution in [3.05, 3.63) is 41.1 Å². The van der Waals surface area contributed by atoms with E-state index in [4.69, 9.17) is 0 Å². The van der Waals surface area contributed by atoms with Gasteiger partial charge in [-0.15, -0.1) is 5.10 Å². The van der Waals surface area contributed by atoms with E-state index in [2.05, 4.69) is 26.2 Å². The highest BCUT2D eigenvalue weighted by molar-refractivity contribution is 9.10. The molecule has 1 aromatic heterocycles. The summed E-state index contributed by atoms with van der Waals surface area (Å²) in [7, 11) is -3.40. The second kappa shape index (κ2) is 5.27. The minimum Gasteiger partial charge on any atom is -0.252 e. The van der Waals surface area contributed by atoms with Crippen LogP contribution in [0.1, 0.15) is 0 Å². The zero-order chi connectivity index (χ0) is 14.2. The van der Waals surface area contributed by atoms with Gasteiger partial charge >= 0.3 is 0 Å². The van der Waals surface area contributed by atoms with Crippen molar-refractivity contribution < 1.29 is 8.42 Å². The summed E-state index contributed by atoms with van der Waals surface area (Å²) in [6, 6.07) is 6.88. The van der Waals surface area contributed by atoms with Crippen molar-refractivity contribution in [3.8, 4) is 0 Å². The van der Waals surface area contributed by atoms with Crippen molar-refractivity contribution in [2.45, 2.75) is 11.4 Å². The number of nitrogens with zero attached hydrogens (tertiary/aromatic N) is 4. The third-order valence-corrected chi connectivity index (χ3v) is 6.14. The molecule has 106 valence electrons. The quantitative estimate of drug-likeness (QED) is 0.829. The van der Waals surface area contributed by atoms with Gasteiger partial charge in [0.1, 0.15) is 0 Å². The Morgan fingerprint density at radius 1 is 1.30 bits per heavy atom. The van der Waals surface area contributed by atoms with Gasteiger partial charge in [0.05, 0.1) is 11.1 Å². The van der Waals surface area contributed by atoms with Crippen molar-refractivity contribution in [2.24, 2.45) is 5.92 Å². The number of hydrogen-bond acceptors (Lipinski definition) is 4. The monoisotopic (exact) mass is 356 g/mol. The van der Waals surface area contributed by atoms with Gasteiger partial charge in [0.25, 0.3) is 0 Å². The molecule has 0 saturated carbocycles. The van der Waals surface area contributed by atoms with E-state index in [-0.39, 0.29) is 5.92 Å². The first-order chi connectivity index (χ1) is 9.57. The lowest BCUT2D eigenvalue weighted by molar-refractivity contribution is 0.174. The lowest BCUT2D eigenvalue weighted by atomic mass is 10.0. The number of hydrogen-bond donors (Lipinski definition) is 0. The standard InChI is InChI=1S/C12H13BrN4O2S/c13-11-3-1-2-4-12(11)20(18,19)17-8-10(9-17)7-16-6-5-14-15-16/h1-6,10H,7-9H2. The molecule has 3 rings (SSSR count). The van der Waals surface area contributed by atoms with Crippen LogP contribution in [0.2, 0.25) is 0 Å². The van der Waals surface area contributed by atoms with Crippen LogP contribution in [0.4, 0.5) is 0 Å². The van der Waals surface area contributed by atoms with Crippen LogP contribution in [0.15, 0.2) is 46.0 Å². The molecule has 20 heavy (non-hydrogen) atoms. The van der Waals surface area contributed by atoms with Crippen LogP contribution in [-0.2, 0) is 16.6 Å². The molecule has 2 aromatic rings. The minimum atomic E-state index is -3.40. The Morgan fingerprint density at radius 3 is 2.70 bits per heavy atom. The van der Waals surface area contributed by atoms with Gasteiger partial charge in [-0.1, -0.05) is 17.3 Å². The second-order valence-electron chi connectivity index (χ2n) is 4.74. The number of benzene rings is 1. The molecule has 8 heteroatoms. The second-order valence-corrected chi connectivity index (χ2v) is 7.50. The maximum atomic E-state index is 12.4. The molecule has 1 aliphatic rings. The van der Waals surface area contributed by atoms with Crippen LogP contribution in [0.25, 0.3) is 0 Å². The smallest absolute Gasteiger partial charge is 0.244 e. The molecule has 0 atom stereocenters. The average Bonchev–Trinajstić information content (AvgIpc) is 2.86. The van der Waals surface area contributed by atoms with Crippen molar-refractivity contribution in [1.29, 1.82) is 0 Å². The lowest BCUT2D eigenvalue weighted by Crippen LogP contribution is -2.51. The first-order valence-corrected chi connectivity index (χ1v) is 8.39. The van der Waals surface area contributed by atoms with Crippen LogP contribution < -0.4 is 0 Å². The van der Waals surface area contributed by atoms with Gasteiger partial charge < -0.3 is 0 Å². The van der Waals surface area contributed by atoms with E-state index < -0.39 is 10.0 Å². The highest BCUT2D eigenvalue weighted by Crippen LogP contribution is 2.29. The fraction of sp³-hybridized carbons (Fsp3) is 0.333. The molecule has 0 radical (unpaired) electrons. The third-order valence-electron chi connectivity index (χ3n) is 3.30. The van der Waals surface area contributed by atoms with Gasteiger partial charge in [-0.2, -0.15) is 4.31 Å². The molecular weight excluding hydrogens is 344 g/mol. The van der Waals surface area contributed by atoms with E-state index in [9.17, 15) is 8.42 Å². The topological polar surface area (TPSA) is 68.1 Å². The summed E-state index contributed by atoms with van der Waals surface area (Å²) in [6.45, 7) is 1.73. The summed E-state index contributed by atoms with van der Waals surface area (Å²) in [4.78, 5) is 0.319. The van der Waals surface area contributed by atoms with Crippen LogP contribution in [0, 0.1) is 5.92 Å². The van der Waals surface area contributed by atoms with Gasteiger partial charge in [-0.05, 0) is 28.1 Å². The average molecular weight is 357 g/mol. The molecule has 2 heterocycles. The highest BCUT2D eigenvalue weighted by Gasteiger charge is 2.37. The van der Waals surface area contributed by atoms with Crippen LogP contribution in [0.5, 0.6) is 0 Å². The summed E-state index contributed by atoms with van der Waals surface area (Å²) in [5.74, 6) is 0.286. The van der Waals surface area contributed by atoms with Gasteiger partial charge in [0.2, 0.25) is 10.0 Å². The van der Waals surface area contributed by atoms with Gasteiger partial charge in [-0.3, -0.25) is 4.68 Å². The van der Waals surface area contributed by atoms with Crippen molar-refractivity contribution in [1.82, 2.24) is 19.3 Å². The SMILES string of the molecule is O=S(=O)(c1ccccc1Br)N1CC(Cn2ccnn2)C1. The maximum Gasteiger partial charge on any atom is 0.244 e. The summed E-state index contributed by atoms with van der Waals surface area (Å²) < 4.78 is 28.7. The summed E-state index contributed by atoms with van der Waals surface area (Å²) in [5.41, 5.74) is 0. The minimum absolute atomic E-state index is 0.286. The Bertz CT molecular complexity index is 696. The zero-order valence-corrected chi connectivity index (χ0v) is 13.0. The van der Waals surface area contributed by atoms with E-state index in [1.807, 2.05) is 0 Å². The number of halogens is 1. The molecule has 0 spiro atoms. The molecule has 1 aromatic carbocycles. The number of sulfonamides is 1. The number of aromatic nitrogens is 3. The Morgan fingerprint density at radius 2 is 2.05 bits per heavy atom. The van der Waals surface area contributed by atoms with Gasteiger partial charge in [0.15, 0.2) is 0 Å². The third kappa shape index (κ3) is 2.50. The predicted molar refractivity (Wildman–Crippen MR) is 76.4 cm³/mol. The van der Waals surface area contributed by atoms with Crippen LogP contribution >= 0.6 is 15.9 Å². The van der Waals surface area contributed by atoms with E-state index in [1.54, 1.807) is 41.3 Å². The molecule has 1 fully saturated rings. The van der Waals surface area contributed by atoms with Gasteiger partial charge in [0, 0.05) is 36.2 Å². The molecule has 0 amide bonds. The Kier molecular flexibility index (Phi) is 3.61.